The standard InChI is InChI=1S/C12H15N3S/c1-8-2-3-10-14-11(9-4-5-16-7-9)12(13)15(10)6-8/h2-3,6,9H,4-5,7,13H2,1H3. The van der Waals surface area contributed by atoms with Crippen LogP contribution in [0.3, 0.4) is 0 Å². The van der Waals surface area contributed by atoms with Crippen LogP contribution in [0.5, 0.6) is 0 Å². The molecule has 16 heavy (non-hydrogen) atoms. The molecule has 0 aromatic carbocycles. The van der Waals surface area contributed by atoms with E-state index in [0.717, 1.165) is 22.9 Å². The summed E-state index contributed by atoms with van der Waals surface area (Å²) in [6.07, 6.45) is 3.26. The maximum atomic E-state index is 6.18. The average Bonchev–Trinajstić information content (AvgIpc) is 2.87. The van der Waals surface area contributed by atoms with Crippen LogP contribution in [0.15, 0.2) is 18.3 Å². The van der Waals surface area contributed by atoms with Gasteiger partial charge in [0.05, 0.1) is 5.69 Å². The average molecular weight is 233 g/mol. The summed E-state index contributed by atoms with van der Waals surface area (Å²) < 4.78 is 2.01. The molecule has 1 fully saturated rings. The molecular weight excluding hydrogens is 218 g/mol. The minimum Gasteiger partial charge on any atom is -0.383 e. The Balaban J connectivity index is 2.15. The Labute approximate surface area is 99.1 Å². The van der Waals surface area contributed by atoms with Crippen molar-refractivity contribution in [3.63, 3.8) is 0 Å². The molecule has 1 saturated heterocycles. The van der Waals surface area contributed by atoms with Gasteiger partial charge >= 0.3 is 0 Å². The Hall–Kier alpha value is -1.16. The van der Waals surface area contributed by atoms with Crippen LogP contribution in [0, 0.1) is 6.92 Å². The molecule has 1 aliphatic heterocycles. The van der Waals surface area contributed by atoms with Crippen molar-refractivity contribution in [2.45, 2.75) is 19.3 Å². The zero-order valence-electron chi connectivity index (χ0n) is 9.31. The zero-order valence-corrected chi connectivity index (χ0v) is 10.1. The van der Waals surface area contributed by atoms with Gasteiger partial charge in [-0.25, -0.2) is 4.98 Å². The monoisotopic (exact) mass is 233 g/mol. The predicted molar refractivity (Wildman–Crippen MR) is 69.0 cm³/mol. The number of nitrogens with two attached hydrogens (primary N) is 1. The second-order valence-electron chi connectivity index (χ2n) is 4.38. The van der Waals surface area contributed by atoms with Crippen molar-refractivity contribution in [2.24, 2.45) is 0 Å². The molecule has 1 atom stereocenters. The first-order valence-corrected chi connectivity index (χ1v) is 6.73. The van der Waals surface area contributed by atoms with Gasteiger partial charge in [0, 0.05) is 17.9 Å². The Kier molecular flexibility index (Phi) is 2.32. The summed E-state index contributed by atoms with van der Waals surface area (Å²) in [6, 6.07) is 4.12. The van der Waals surface area contributed by atoms with Gasteiger partial charge in [-0.15, -0.1) is 0 Å². The Morgan fingerprint density at radius 1 is 1.50 bits per heavy atom. The van der Waals surface area contributed by atoms with E-state index in [1.807, 2.05) is 22.2 Å². The first-order chi connectivity index (χ1) is 7.75. The fraction of sp³-hybridized carbons (Fsp3) is 0.417. The fourth-order valence-corrected chi connectivity index (χ4v) is 3.46. The lowest BCUT2D eigenvalue weighted by Gasteiger charge is -2.05. The minimum atomic E-state index is 0.546. The van der Waals surface area contributed by atoms with E-state index in [2.05, 4.69) is 24.2 Å². The summed E-state index contributed by atoms with van der Waals surface area (Å²) in [5, 5.41) is 0. The Morgan fingerprint density at radius 3 is 3.12 bits per heavy atom. The first-order valence-electron chi connectivity index (χ1n) is 5.57. The van der Waals surface area contributed by atoms with E-state index < -0.39 is 0 Å². The van der Waals surface area contributed by atoms with E-state index in [0.29, 0.717) is 5.92 Å². The normalized spacial score (nSPS) is 20.7. The second-order valence-corrected chi connectivity index (χ2v) is 5.53. The van der Waals surface area contributed by atoms with Crippen molar-refractivity contribution >= 4 is 23.2 Å². The van der Waals surface area contributed by atoms with E-state index in [1.54, 1.807) is 0 Å². The van der Waals surface area contributed by atoms with Gasteiger partial charge in [-0.3, -0.25) is 4.40 Å². The molecule has 0 spiro atoms. The van der Waals surface area contributed by atoms with Gasteiger partial charge in [-0.05, 0) is 30.7 Å². The first kappa shape index (κ1) is 10.0. The highest BCUT2D eigenvalue weighted by molar-refractivity contribution is 7.99. The highest BCUT2D eigenvalue weighted by atomic mass is 32.2. The maximum absolute atomic E-state index is 6.18. The molecule has 0 bridgehead atoms. The quantitative estimate of drug-likeness (QED) is 0.822. The van der Waals surface area contributed by atoms with Crippen LogP contribution in [-0.2, 0) is 0 Å². The van der Waals surface area contributed by atoms with E-state index in [9.17, 15) is 0 Å². The van der Waals surface area contributed by atoms with Gasteiger partial charge in [0.25, 0.3) is 0 Å². The number of anilines is 1. The number of aryl methyl sites for hydroxylation is 1. The predicted octanol–water partition coefficient (Wildman–Crippen LogP) is 2.45. The molecule has 2 N–H and O–H groups in total. The number of hydrogen-bond donors (Lipinski definition) is 1. The van der Waals surface area contributed by atoms with Crippen LogP contribution >= 0.6 is 11.8 Å². The SMILES string of the molecule is Cc1ccc2nc(C3CCSC3)c(N)n2c1. The molecule has 3 heterocycles. The highest BCUT2D eigenvalue weighted by Gasteiger charge is 2.23. The van der Waals surface area contributed by atoms with Gasteiger partial charge in [0.2, 0.25) is 0 Å². The Bertz CT molecular complexity index is 526. The van der Waals surface area contributed by atoms with E-state index in [-0.39, 0.29) is 0 Å². The number of rotatable bonds is 1. The van der Waals surface area contributed by atoms with Crippen molar-refractivity contribution in [1.82, 2.24) is 9.38 Å². The molecule has 4 heteroatoms. The summed E-state index contributed by atoms with van der Waals surface area (Å²) in [4.78, 5) is 4.66. The maximum Gasteiger partial charge on any atom is 0.138 e. The van der Waals surface area contributed by atoms with Crippen LogP contribution in [-0.4, -0.2) is 20.9 Å². The number of imidazole rings is 1. The number of nitrogens with zero attached hydrogens (tertiary/aromatic N) is 2. The lowest BCUT2D eigenvalue weighted by atomic mass is 10.1. The molecule has 2 aromatic rings. The van der Waals surface area contributed by atoms with Crippen LogP contribution in [0.1, 0.15) is 23.6 Å². The van der Waals surface area contributed by atoms with Gasteiger partial charge in [0.1, 0.15) is 11.5 Å². The number of fused-ring (bicyclic) bond motifs is 1. The smallest absolute Gasteiger partial charge is 0.138 e. The minimum absolute atomic E-state index is 0.546. The molecule has 1 unspecified atom stereocenters. The van der Waals surface area contributed by atoms with Gasteiger partial charge in [-0.2, -0.15) is 11.8 Å². The number of hydrogen-bond acceptors (Lipinski definition) is 3. The summed E-state index contributed by atoms with van der Waals surface area (Å²) in [6.45, 7) is 2.07. The largest absolute Gasteiger partial charge is 0.383 e. The molecule has 0 saturated carbocycles. The summed E-state index contributed by atoms with van der Waals surface area (Å²) >= 11 is 1.99. The third-order valence-corrected chi connectivity index (χ3v) is 4.31. The summed E-state index contributed by atoms with van der Waals surface area (Å²) in [5.74, 6) is 3.76. The summed E-state index contributed by atoms with van der Waals surface area (Å²) in [5.41, 5.74) is 9.45. The van der Waals surface area contributed by atoms with Gasteiger partial charge < -0.3 is 5.73 Å². The zero-order chi connectivity index (χ0) is 11.1. The number of aromatic nitrogens is 2. The molecule has 0 radical (unpaired) electrons. The van der Waals surface area contributed by atoms with Gasteiger partial charge in [0.15, 0.2) is 0 Å². The van der Waals surface area contributed by atoms with Crippen molar-refractivity contribution in [3.05, 3.63) is 29.6 Å². The van der Waals surface area contributed by atoms with Crippen molar-refractivity contribution in [3.8, 4) is 0 Å². The van der Waals surface area contributed by atoms with Crippen LogP contribution in [0.2, 0.25) is 0 Å². The van der Waals surface area contributed by atoms with Crippen LogP contribution in [0.4, 0.5) is 5.82 Å². The molecule has 3 rings (SSSR count). The molecule has 3 nitrogen and oxygen atoms in total. The van der Waals surface area contributed by atoms with E-state index in [4.69, 9.17) is 5.73 Å². The lowest BCUT2D eigenvalue weighted by molar-refractivity contribution is 0.762. The van der Waals surface area contributed by atoms with Crippen molar-refractivity contribution in [2.75, 3.05) is 17.2 Å². The molecule has 2 aromatic heterocycles. The van der Waals surface area contributed by atoms with Crippen LogP contribution in [0.25, 0.3) is 5.65 Å². The van der Waals surface area contributed by atoms with E-state index in [1.165, 1.54) is 17.7 Å². The Morgan fingerprint density at radius 2 is 2.38 bits per heavy atom. The summed E-state index contributed by atoms with van der Waals surface area (Å²) in [7, 11) is 0. The molecule has 0 aliphatic carbocycles. The molecule has 84 valence electrons. The molecule has 0 amide bonds. The molecule has 1 aliphatic rings. The van der Waals surface area contributed by atoms with Gasteiger partial charge in [-0.1, -0.05) is 6.07 Å². The third-order valence-electron chi connectivity index (χ3n) is 3.15. The lowest BCUT2D eigenvalue weighted by Crippen LogP contribution is -2.02. The van der Waals surface area contributed by atoms with Crippen molar-refractivity contribution in [1.29, 1.82) is 0 Å². The van der Waals surface area contributed by atoms with Crippen molar-refractivity contribution < 1.29 is 0 Å². The second kappa shape index (κ2) is 3.70. The number of nitrogen functional groups attached to an aromatic ring is 1. The topological polar surface area (TPSA) is 43.3 Å². The number of pyridine rings is 1. The number of thioether (sulfide) groups is 1. The fourth-order valence-electron chi connectivity index (χ4n) is 2.24. The third kappa shape index (κ3) is 1.48. The van der Waals surface area contributed by atoms with E-state index >= 15 is 0 Å². The highest BCUT2D eigenvalue weighted by Crippen LogP contribution is 2.35. The van der Waals surface area contributed by atoms with Crippen LogP contribution < -0.4 is 5.73 Å². The molecular formula is C12H15N3S.